The Morgan fingerprint density at radius 2 is 2.07 bits per heavy atom. The number of nitrogens with one attached hydrogen (secondary N) is 1. The number of halogens is 2. The summed E-state index contributed by atoms with van der Waals surface area (Å²) in [5.74, 6) is 0. The van der Waals surface area contributed by atoms with Crippen LogP contribution in [0.5, 0.6) is 0 Å². The van der Waals surface area contributed by atoms with Crippen molar-refractivity contribution in [1.29, 1.82) is 0 Å². The Labute approximate surface area is 94.5 Å². The molecule has 2 atom stereocenters. The summed E-state index contributed by atoms with van der Waals surface area (Å²) in [5.41, 5.74) is 0. The molecule has 1 aliphatic carbocycles. The summed E-state index contributed by atoms with van der Waals surface area (Å²) in [5, 5.41) is 4.08. The summed E-state index contributed by atoms with van der Waals surface area (Å²) in [7, 11) is 0. The van der Waals surface area contributed by atoms with Crippen LogP contribution in [0, 0.1) is 0 Å². The highest BCUT2D eigenvalue weighted by atomic mass is 35.5. The molecule has 4 heteroatoms. The minimum atomic E-state index is 0.00519. The average molecular weight is 233 g/mol. The van der Waals surface area contributed by atoms with Crippen LogP contribution in [-0.4, -0.2) is 42.5 Å². The third-order valence-electron chi connectivity index (χ3n) is 2.67. The van der Waals surface area contributed by atoms with Crippen molar-refractivity contribution >= 4 is 23.2 Å². The zero-order chi connectivity index (χ0) is 9.97. The molecule has 1 fully saturated rings. The molecule has 1 aliphatic heterocycles. The summed E-state index contributed by atoms with van der Waals surface area (Å²) >= 11 is 12.1. The van der Waals surface area contributed by atoms with Gasteiger partial charge in [0.1, 0.15) is 0 Å². The highest BCUT2D eigenvalue weighted by Gasteiger charge is 2.25. The van der Waals surface area contributed by atoms with Crippen molar-refractivity contribution in [3.63, 3.8) is 0 Å². The Kier molecular flexibility index (Phi) is 3.50. The number of hydrogen-bond donors (Lipinski definition) is 1. The van der Waals surface area contributed by atoms with Gasteiger partial charge in [-0.05, 0) is 12.2 Å². The van der Waals surface area contributed by atoms with Gasteiger partial charge in [-0.25, -0.2) is 0 Å². The average Bonchev–Trinajstić information content (AvgIpc) is 2.19. The smallest absolute Gasteiger partial charge is 0.0724 e. The fraction of sp³-hybridized carbons (Fsp3) is 0.600. The maximum atomic E-state index is 6.24. The maximum Gasteiger partial charge on any atom is 0.0724 e. The van der Waals surface area contributed by atoms with Crippen LogP contribution in [0.1, 0.15) is 0 Å². The van der Waals surface area contributed by atoms with Crippen LogP contribution < -0.4 is 5.32 Å². The van der Waals surface area contributed by atoms with Gasteiger partial charge in [0.2, 0.25) is 0 Å². The van der Waals surface area contributed by atoms with E-state index < -0.39 is 0 Å². The minimum absolute atomic E-state index is 0.00519. The van der Waals surface area contributed by atoms with Crippen LogP contribution in [-0.2, 0) is 0 Å². The number of rotatable bonds is 1. The van der Waals surface area contributed by atoms with E-state index in [1.54, 1.807) is 0 Å². The van der Waals surface area contributed by atoms with Crippen molar-refractivity contribution in [2.45, 2.75) is 11.4 Å². The quantitative estimate of drug-likeness (QED) is 0.691. The lowest BCUT2D eigenvalue weighted by Gasteiger charge is -2.36. The molecule has 2 aliphatic rings. The largest absolute Gasteiger partial charge is 0.314 e. The van der Waals surface area contributed by atoms with E-state index in [0.29, 0.717) is 6.04 Å². The normalized spacial score (nSPS) is 34.3. The van der Waals surface area contributed by atoms with Gasteiger partial charge in [0.15, 0.2) is 0 Å². The molecule has 2 rings (SSSR count). The number of hydrogen-bond acceptors (Lipinski definition) is 2. The predicted molar refractivity (Wildman–Crippen MR) is 60.9 cm³/mol. The van der Waals surface area contributed by atoms with Crippen LogP contribution in [0.15, 0.2) is 23.3 Å². The van der Waals surface area contributed by atoms with Gasteiger partial charge in [-0.3, -0.25) is 4.90 Å². The highest BCUT2D eigenvalue weighted by molar-refractivity contribution is 6.32. The molecule has 0 amide bonds. The molecule has 0 aromatic heterocycles. The number of alkyl halides is 1. The maximum absolute atomic E-state index is 6.24. The molecule has 0 aromatic rings. The Morgan fingerprint density at radius 1 is 1.36 bits per heavy atom. The van der Waals surface area contributed by atoms with E-state index in [1.807, 2.05) is 12.2 Å². The van der Waals surface area contributed by atoms with E-state index in [4.69, 9.17) is 23.2 Å². The second kappa shape index (κ2) is 4.67. The molecular formula is C10H14Cl2N2. The molecule has 1 saturated heterocycles. The molecule has 0 bridgehead atoms. The third kappa shape index (κ3) is 2.31. The molecule has 2 nitrogen and oxygen atoms in total. The molecule has 1 N–H and O–H groups in total. The highest BCUT2D eigenvalue weighted by Crippen LogP contribution is 2.22. The molecule has 0 saturated carbocycles. The van der Waals surface area contributed by atoms with Crippen molar-refractivity contribution in [2.24, 2.45) is 0 Å². The van der Waals surface area contributed by atoms with Gasteiger partial charge in [0.25, 0.3) is 0 Å². The monoisotopic (exact) mass is 232 g/mol. The van der Waals surface area contributed by atoms with E-state index >= 15 is 0 Å². The summed E-state index contributed by atoms with van der Waals surface area (Å²) in [6, 6.07) is 0.307. The first-order valence-corrected chi connectivity index (χ1v) is 5.73. The molecular weight excluding hydrogens is 219 g/mol. The van der Waals surface area contributed by atoms with Crippen molar-refractivity contribution in [2.75, 3.05) is 26.2 Å². The number of allylic oxidation sites excluding steroid dienone is 2. The Hall–Kier alpha value is -0.0200. The summed E-state index contributed by atoms with van der Waals surface area (Å²) < 4.78 is 0. The SMILES string of the molecule is ClC1=CC(Cl)C(N2CCNCC2)C=C1. The van der Waals surface area contributed by atoms with E-state index in [9.17, 15) is 0 Å². The van der Waals surface area contributed by atoms with Crippen LogP contribution in [0.3, 0.4) is 0 Å². The van der Waals surface area contributed by atoms with Crippen molar-refractivity contribution < 1.29 is 0 Å². The zero-order valence-corrected chi connectivity index (χ0v) is 9.43. The van der Waals surface area contributed by atoms with Crippen molar-refractivity contribution in [3.05, 3.63) is 23.3 Å². The van der Waals surface area contributed by atoms with Crippen molar-refractivity contribution in [3.8, 4) is 0 Å². The molecule has 0 radical (unpaired) electrons. The molecule has 14 heavy (non-hydrogen) atoms. The van der Waals surface area contributed by atoms with Gasteiger partial charge in [-0.1, -0.05) is 17.7 Å². The first-order valence-electron chi connectivity index (χ1n) is 4.92. The minimum Gasteiger partial charge on any atom is -0.314 e. The van der Waals surface area contributed by atoms with E-state index in [0.717, 1.165) is 31.2 Å². The Balaban J connectivity index is 2.01. The molecule has 2 unspecified atom stereocenters. The van der Waals surface area contributed by atoms with Crippen LogP contribution >= 0.6 is 23.2 Å². The van der Waals surface area contributed by atoms with Crippen molar-refractivity contribution in [1.82, 2.24) is 10.2 Å². The zero-order valence-electron chi connectivity index (χ0n) is 7.92. The Morgan fingerprint density at radius 3 is 2.71 bits per heavy atom. The van der Waals surface area contributed by atoms with E-state index in [2.05, 4.69) is 16.3 Å². The number of piperazine rings is 1. The fourth-order valence-corrected chi connectivity index (χ4v) is 2.56. The first kappa shape index (κ1) is 10.5. The summed E-state index contributed by atoms with van der Waals surface area (Å²) in [6.07, 6.45) is 5.95. The third-order valence-corrected chi connectivity index (χ3v) is 3.31. The lowest BCUT2D eigenvalue weighted by Crippen LogP contribution is -2.50. The van der Waals surface area contributed by atoms with Crippen LogP contribution in [0.4, 0.5) is 0 Å². The second-order valence-electron chi connectivity index (χ2n) is 3.63. The summed E-state index contributed by atoms with van der Waals surface area (Å²) in [4.78, 5) is 2.39. The van der Waals surface area contributed by atoms with Gasteiger partial charge in [-0.2, -0.15) is 0 Å². The standard InChI is InChI=1S/C10H14Cl2N2/c11-8-1-2-10(9(12)7-8)14-5-3-13-4-6-14/h1-2,7,9-10,13H,3-6H2. The Bertz CT molecular complexity index is 257. The van der Waals surface area contributed by atoms with E-state index in [1.165, 1.54) is 0 Å². The first-order chi connectivity index (χ1) is 6.77. The fourth-order valence-electron chi connectivity index (χ4n) is 1.91. The topological polar surface area (TPSA) is 15.3 Å². The second-order valence-corrected chi connectivity index (χ2v) is 4.57. The van der Waals surface area contributed by atoms with E-state index in [-0.39, 0.29) is 5.38 Å². The van der Waals surface area contributed by atoms with Crippen LogP contribution in [0.2, 0.25) is 0 Å². The van der Waals surface area contributed by atoms with Gasteiger partial charge >= 0.3 is 0 Å². The molecule has 78 valence electrons. The van der Waals surface area contributed by atoms with Gasteiger partial charge < -0.3 is 5.32 Å². The van der Waals surface area contributed by atoms with Gasteiger partial charge in [-0.15, -0.1) is 11.6 Å². The summed E-state index contributed by atoms with van der Waals surface area (Å²) in [6.45, 7) is 4.21. The van der Waals surface area contributed by atoms with Crippen LogP contribution in [0.25, 0.3) is 0 Å². The lowest BCUT2D eigenvalue weighted by molar-refractivity contribution is 0.204. The number of nitrogens with zero attached hydrogens (tertiary/aromatic N) is 1. The molecule has 0 spiro atoms. The lowest BCUT2D eigenvalue weighted by atomic mass is 10.1. The van der Waals surface area contributed by atoms with Gasteiger partial charge in [0, 0.05) is 37.3 Å². The predicted octanol–water partition coefficient (Wildman–Crippen LogP) is 1.56. The molecule has 0 aromatic carbocycles. The van der Waals surface area contributed by atoms with Gasteiger partial charge in [0.05, 0.1) is 5.38 Å². The molecule has 1 heterocycles.